The second kappa shape index (κ2) is 7.17. The predicted molar refractivity (Wildman–Crippen MR) is 76.0 cm³/mol. The lowest BCUT2D eigenvalue weighted by molar-refractivity contribution is 0.0477. The number of nitrogens with zero attached hydrogens (tertiary/aromatic N) is 2. The van der Waals surface area contributed by atoms with Crippen LogP contribution in [0, 0.1) is 0 Å². The van der Waals surface area contributed by atoms with Crippen LogP contribution in [-0.2, 0) is 4.74 Å². The molecule has 0 saturated heterocycles. The number of rotatable bonds is 7. The molecule has 0 aliphatic rings. The molecule has 5 heteroatoms. The first-order valence-corrected chi connectivity index (χ1v) is 7.01. The number of benzene rings is 1. The van der Waals surface area contributed by atoms with Crippen molar-refractivity contribution < 1.29 is 9.26 Å². The Morgan fingerprint density at radius 3 is 2.65 bits per heavy atom. The van der Waals surface area contributed by atoms with Gasteiger partial charge >= 0.3 is 0 Å². The summed E-state index contributed by atoms with van der Waals surface area (Å²) >= 11 is 0. The zero-order valence-corrected chi connectivity index (χ0v) is 12.0. The van der Waals surface area contributed by atoms with Crippen LogP contribution < -0.4 is 5.73 Å². The molecule has 0 bridgehead atoms. The summed E-state index contributed by atoms with van der Waals surface area (Å²) in [6, 6.07) is 9.31. The van der Waals surface area contributed by atoms with E-state index >= 15 is 0 Å². The fourth-order valence-electron chi connectivity index (χ4n) is 2.06. The van der Waals surface area contributed by atoms with Crippen LogP contribution in [0.3, 0.4) is 0 Å². The molecular formula is C15H21N3O2. The molecule has 0 aliphatic carbocycles. The zero-order chi connectivity index (χ0) is 14.4. The average Bonchev–Trinajstić information content (AvgIpc) is 2.97. The van der Waals surface area contributed by atoms with Crippen molar-refractivity contribution in [2.45, 2.75) is 38.8 Å². The first kappa shape index (κ1) is 14.7. The van der Waals surface area contributed by atoms with Crippen LogP contribution in [0.4, 0.5) is 0 Å². The Morgan fingerprint density at radius 2 is 2.00 bits per heavy atom. The van der Waals surface area contributed by atoms with Gasteiger partial charge in [-0.2, -0.15) is 4.98 Å². The average molecular weight is 275 g/mol. The monoisotopic (exact) mass is 275 g/mol. The van der Waals surface area contributed by atoms with Crippen molar-refractivity contribution in [3.05, 3.63) is 47.6 Å². The largest absolute Gasteiger partial charge is 0.370 e. The fraction of sp³-hybridized carbons (Fsp3) is 0.467. The van der Waals surface area contributed by atoms with Crippen molar-refractivity contribution >= 4 is 0 Å². The summed E-state index contributed by atoms with van der Waals surface area (Å²) in [5.41, 5.74) is 7.09. The molecule has 2 rings (SSSR count). The van der Waals surface area contributed by atoms with Gasteiger partial charge in [-0.25, -0.2) is 0 Å². The smallest absolute Gasteiger partial charge is 0.248 e. The first-order valence-electron chi connectivity index (χ1n) is 7.01. The summed E-state index contributed by atoms with van der Waals surface area (Å²) in [6.07, 6.45) is 1.75. The predicted octanol–water partition coefficient (Wildman–Crippen LogP) is 3.00. The molecule has 0 aliphatic heterocycles. The summed E-state index contributed by atoms with van der Waals surface area (Å²) in [6.45, 7) is 4.68. The van der Waals surface area contributed by atoms with Gasteiger partial charge in [0, 0.05) is 6.61 Å². The number of nitrogens with two attached hydrogens (primary N) is 1. The standard InChI is InChI=1S/C15H21N3O2/c1-3-8-12(19-4-2)14-17-15(20-18-14)13(16)11-9-6-5-7-10-11/h5-7,9-10,12-13H,3-4,8,16H2,1-2H3. The molecule has 0 fully saturated rings. The van der Waals surface area contributed by atoms with E-state index in [4.69, 9.17) is 15.0 Å². The molecule has 2 N–H and O–H groups in total. The van der Waals surface area contributed by atoms with Crippen molar-refractivity contribution in [1.82, 2.24) is 10.1 Å². The highest BCUT2D eigenvalue weighted by molar-refractivity contribution is 5.23. The van der Waals surface area contributed by atoms with Gasteiger partial charge in [0.15, 0.2) is 0 Å². The van der Waals surface area contributed by atoms with E-state index in [1.54, 1.807) is 0 Å². The molecular weight excluding hydrogens is 254 g/mol. The van der Waals surface area contributed by atoms with Gasteiger partial charge in [0.25, 0.3) is 0 Å². The second-order valence-electron chi connectivity index (χ2n) is 4.61. The third kappa shape index (κ3) is 3.43. The van der Waals surface area contributed by atoms with Gasteiger partial charge in [0.05, 0.1) is 0 Å². The number of aromatic nitrogens is 2. The van der Waals surface area contributed by atoms with Gasteiger partial charge in [-0.05, 0) is 18.9 Å². The van der Waals surface area contributed by atoms with Crippen LogP contribution in [-0.4, -0.2) is 16.7 Å². The molecule has 2 atom stereocenters. The lowest BCUT2D eigenvalue weighted by atomic mass is 10.1. The molecule has 2 aromatic rings. The van der Waals surface area contributed by atoms with Gasteiger partial charge in [0.1, 0.15) is 12.1 Å². The van der Waals surface area contributed by atoms with E-state index in [0.29, 0.717) is 18.3 Å². The summed E-state index contributed by atoms with van der Waals surface area (Å²) in [5.74, 6) is 1.00. The van der Waals surface area contributed by atoms with Crippen molar-refractivity contribution in [2.24, 2.45) is 5.73 Å². The topological polar surface area (TPSA) is 74.2 Å². The summed E-state index contributed by atoms with van der Waals surface area (Å²) < 4.78 is 10.9. The van der Waals surface area contributed by atoms with Gasteiger partial charge in [-0.1, -0.05) is 48.8 Å². The van der Waals surface area contributed by atoms with Gasteiger partial charge in [0.2, 0.25) is 11.7 Å². The molecule has 0 amide bonds. The van der Waals surface area contributed by atoms with Crippen molar-refractivity contribution in [1.29, 1.82) is 0 Å². The van der Waals surface area contributed by atoms with Crippen LogP contribution in [0.25, 0.3) is 0 Å². The van der Waals surface area contributed by atoms with Gasteiger partial charge in [-0.15, -0.1) is 0 Å². The lowest BCUT2D eigenvalue weighted by Gasteiger charge is -2.11. The third-order valence-electron chi connectivity index (χ3n) is 3.09. The maximum Gasteiger partial charge on any atom is 0.248 e. The Labute approximate surface area is 119 Å². The molecule has 0 saturated carbocycles. The van der Waals surface area contributed by atoms with Crippen LogP contribution >= 0.6 is 0 Å². The first-order chi connectivity index (χ1) is 9.76. The van der Waals surface area contributed by atoms with E-state index in [-0.39, 0.29) is 6.10 Å². The molecule has 1 aromatic carbocycles. The summed E-state index contributed by atoms with van der Waals surface area (Å²) in [7, 11) is 0. The normalized spacial score (nSPS) is 14.2. The second-order valence-corrected chi connectivity index (χ2v) is 4.61. The highest BCUT2D eigenvalue weighted by Gasteiger charge is 2.21. The minimum Gasteiger partial charge on any atom is -0.370 e. The molecule has 108 valence electrons. The van der Waals surface area contributed by atoms with Crippen molar-refractivity contribution in [3.8, 4) is 0 Å². The van der Waals surface area contributed by atoms with Crippen molar-refractivity contribution in [3.63, 3.8) is 0 Å². The maximum absolute atomic E-state index is 6.14. The van der Waals surface area contributed by atoms with E-state index in [1.807, 2.05) is 37.3 Å². The van der Waals surface area contributed by atoms with E-state index in [1.165, 1.54) is 0 Å². The van der Waals surface area contributed by atoms with E-state index in [0.717, 1.165) is 18.4 Å². The number of ether oxygens (including phenoxy) is 1. The third-order valence-corrected chi connectivity index (χ3v) is 3.09. The minimum atomic E-state index is -0.402. The lowest BCUT2D eigenvalue weighted by Crippen LogP contribution is -2.13. The number of hydrogen-bond donors (Lipinski definition) is 1. The molecule has 1 aromatic heterocycles. The zero-order valence-electron chi connectivity index (χ0n) is 12.0. The van der Waals surface area contributed by atoms with Gasteiger partial charge < -0.3 is 15.0 Å². The van der Waals surface area contributed by atoms with Crippen molar-refractivity contribution in [2.75, 3.05) is 6.61 Å². The van der Waals surface area contributed by atoms with E-state index in [2.05, 4.69) is 17.1 Å². The molecule has 0 spiro atoms. The minimum absolute atomic E-state index is 0.120. The molecule has 5 nitrogen and oxygen atoms in total. The van der Waals surface area contributed by atoms with Gasteiger partial charge in [-0.3, -0.25) is 0 Å². The quantitative estimate of drug-likeness (QED) is 0.840. The highest BCUT2D eigenvalue weighted by atomic mass is 16.5. The Morgan fingerprint density at radius 1 is 1.25 bits per heavy atom. The van der Waals surface area contributed by atoms with Crippen LogP contribution in [0.1, 0.15) is 56.1 Å². The highest BCUT2D eigenvalue weighted by Crippen LogP contribution is 2.23. The molecule has 1 heterocycles. The Balaban J connectivity index is 2.15. The SMILES string of the molecule is CCCC(OCC)c1noc(C(N)c2ccccc2)n1. The Bertz CT molecular complexity index is 507. The summed E-state index contributed by atoms with van der Waals surface area (Å²) in [4.78, 5) is 4.40. The number of hydrogen-bond acceptors (Lipinski definition) is 5. The molecule has 2 unspecified atom stereocenters. The van der Waals surface area contributed by atoms with Crippen LogP contribution in [0.2, 0.25) is 0 Å². The summed E-state index contributed by atoms with van der Waals surface area (Å²) in [5, 5.41) is 4.01. The van der Waals surface area contributed by atoms with Crippen LogP contribution in [0.5, 0.6) is 0 Å². The van der Waals surface area contributed by atoms with E-state index < -0.39 is 6.04 Å². The van der Waals surface area contributed by atoms with Crippen LogP contribution in [0.15, 0.2) is 34.9 Å². The molecule has 20 heavy (non-hydrogen) atoms. The Kier molecular flexibility index (Phi) is 5.26. The maximum atomic E-state index is 6.14. The molecule has 0 radical (unpaired) electrons. The fourth-order valence-corrected chi connectivity index (χ4v) is 2.06. The van der Waals surface area contributed by atoms with E-state index in [9.17, 15) is 0 Å². The Hall–Kier alpha value is -1.72.